The summed E-state index contributed by atoms with van der Waals surface area (Å²) in [4.78, 5) is 5.12. The maximum atomic E-state index is 2.48. The number of rotatable bonds is 3. The average molecular weight is 554 g/mol. The van der Waals surface area contributed by atoms with Gasteiger partial charge in [-0.05, 0) is 0 Å². The Labute approximate surface area is 218 Å². The van der Waals surface area contributed by atoms with Crippen molar-refractivity contribution in [1.29, 1.82) is 0 Å². The zero-order chi connectivity index (χ0) is 20.1. The number of anilines is 3. The standard InChI is InChI=1S/C22H16NS.C5H5.2ClH.Zr/c1-15-13-16-7-6-10-18(17(16)14-15)23-19-8-2-4-11-21(19)24-22-12-5-3-9-20(22)23;1-2-4-5-3-1;;;/h2-14H,1H3;1-3H,4H2;2*1H;/q;;;;+2/p-2. The Morgan fingerprint density at radius 1 is 0.844 bits per heavy atom. The first-order valence-corrected chi connectivity index (χ1v) is 13.9. The maximum absolute atomic E-state index is 2.48. The topological polar surface area (TPSA) is 3.24 Å². The summed E-state index contributed by atoms with van der Waals surface area (Å²) in [7, 11) is 0. The number of hydrogen-bond donors (Lipinski definition) is 0. The number of para-hydroxylation sites is 2. The quantitative estimate of drug-likeness (QED) is 0.382. The van der Waals surface area contributed by atoms with Gasteiger partial charge in [-0.2, -0.15) is 0 Å². The number of hydrogen-bond acceptors (Lipinski definition) is 2. The minimum Gasteiger partial charge on any atom is -1.00 e. The molecule has 1 nitrogen and oxygen atoms in total. The molecule has 1 unspecified atom stereocenters. The summed E-state index contributed by atoms with van der Waals surface area (Å²) in [6, 6.07) is 24.5. The Bertz CT molecular complexity index is 1220. The van der Waals surface area contributed by atoms with Gasteiger partial charge in [0, 0.05) is 0 Å². The molecule has 0 fully saturated rings. The van der Waals surface area contributed by atoms with E-state index >= 15 is 0 Å². The van der Waals surface area contributed by atoms with Crippen molar-refractivity contribution in [2.24, 2.45) is 0 Å². The molecular weight excluding hydrogens is 533 g/mol. The van der Waals surface area contributed by atoms with E-state index in [9.17, 15) is 0 Å². The molecule has 2 aliphatic carbocycles. The van der Waals surface area contributed by atoms with Crippen molar-refractivity contribution in [3.05, 3.63) is 105 Å². The van der Waals surface area contributed by atoms with Gasteiger partial charge in [0.25, 0.3) is 0 Å². The van der Waals surface area contributed by atoms with Gasteiger partial charge in [0.05, 0.1) is 0 Å². The molecule has 0 saturated heterocycles. The van der Waals surface area contributed by atoms with Crippen LogP contribution in [0.3, 0.4) is 0 Å². The van der Waals surface area contributed by atoms with E-state index in [1.807, 2.05) is 11.8 Å². The van der Waals surface area contributed by atoms with E-state index < -0.39 is 23.2 Å². The molecule has 3 aromatic rings. The van der Waals surface area contributed by atoms with Crippen molar-refractivity contribution >= 4 is 34.9 Å². The molecule has 0 N–H and O–H groups in total. The minimum atomic E-state index is -0.675. The molecule has 0 saturated carbocycles. The molecule has 6 rings (SSSR count). The van der Waals surface area contributed by atoms with E-state index in [4.69, 9.17) is 0 Å². The van der Waals surface area contributed by atoms with Crippen LogP contribution in [-0.2, 0) is 23.2 Å². The van der Waals surface area contributed by atoms with Gasteiger partial charge in [-0.3, -0.25) is 0 Å². The third-order valence-electron chi connectivity index (χ3n) is 6.03. The first-order chi connectivity index (χ1) is 14.8. The second-order valence-corrected chi connectivity index (χ2v) is 12.7. The van der Waals surface area contributed by atoms with Crippen molar-refractivity contribution in [3.8, 4) is 0 Å². The first-order valence-electron chi connectivity index (χ1n) is 10.4. The Morgan fingerprint density at radius 3 is 2.16 bits per heavy atom. The molecule has 1 atom stereocenters. The summed E-state index contributed by atoms with van der Waals surface area (Å²) < 4.78 is 2.36. The molecule has 32 heavy (non-hydrogen) atoms. The predicted octanol–water partition coefficient (Wildman–Crippen LogP) is 2.01. The van der Waals surface area contributed by atoms with E-state index in [1.54, 1.807) is 8.85 Å². The van der Waals surface area contributed by atoms with Gasteiger partial charge in [0.1, 0.15) is 0 Å². The second-order valence-electron chi connectivity index (χ2n) is 7.94. The van der Waals surface area contributed by atoms with Crippen LogP contribution in [0.1, 0.15) is 28.1 Å². The molecule has 3 aliphatic rings. The summed E-state index contributed by atoms with van der Waals surface area (Å²) in [5.41, 5.74) is 8.39. The molecule has 0 radical (unpaired) electrons. The van der Waals surface area contributed by atoms with E-state index in [2.05, 4.69) is 103 Å². The molecule has 0 spiro atoms. The van der Waals surface area contributed by atoms with Crippen molar-refractivity contribution in [3.63, 3.8) is 0 Å². The number of fused-ring (bicyclic) bond motifs is 3. The Morgan fingerprint density at radius 2 is 1.50 bits per heavy atom. The molecule has 0 bridgehead atoms. The summed E-state index contributed by atoms with van der Waals surface area (Å²) in [6.45, 7) is 2.34. The van der Waals surface area contributed by atoms with Crippen LogP contribution in [-0.4, -0.2) is 0 Å². The largest absolute Gasteiger partial charge is 1.00 e. The molecule has 1 aliphatic heterocycles. The third-order valence-corrected chi connectivity index (χ3v) is 11.6. The van der Waals surface area contributed by atoms with Gasteiger partial charge in [-0.25, -0.2) is 0 Å². The number of nitrogens with zero attached hydrogens (tertiary/aromatic N) is 1. The van der Waals surface area contributed by atoms with E-state index in [0.717, 1.165) is 0 Å². The smallest absolute Gasteiger partial charge is 1.00 e. The van der Waals surface area contributed by atoms with Crippen molar-refractivity contribution in [2.45, 2.75) is 26.8 Å². The van der Waals surface area contributed by atoms with Crippen LogP contribution in [0.25, 0.3) is 6.08 Å². The molecule has 0 aromatic heterocycles. The summed E-state index contributed by atoms with van der Waals surface area (Å²) in [5.74, 6) is 0. The molecule has 3 aromatic carbocycles. The molecule has 0 amide bonds. The van der Waals surface area contributed by atoms with Crippen LogP contribution < -0.4 is 29.7 Å². The molecule has 1 heterocycles. The second kappa shape index (κ2) is 9.77. The molecule has 158 valence electrons. The van der Waals surface area contributed by atoms with E-state index in [1.165, 1.54) is 44.4 Å². The Balaban J connectivity index is 0.00000122. The van der Waals surface area contributed by atoms with Gasteiger partial charge in [-0.15, -0.1) is 0 Å². The van der Waals surface area contributed by atoms with Crippen molar-refractivity contribution < 1.29 is 48.0 Å². The SMILES string of the molecule is CC1=Cc2c(cccc2N2c3ccccc3Sc3ccccc32)[CH]1[Zr+2][C]1=CC=CC1.[Cl-].[Cl-]. The van der Waals surface area contributed by atoms with Crippen LogP contribution in [0, 0.1) is 0 Å². The number of halogens is 2. The fraction of sp³-hybridized carbons (Fsp3) is 0.111. The van der Waals surface area contributed by atoms with Crippen molar-refractivity contribution in [2.75, 3.05) is 4.90 Å². The van der Waals surface area contributed by atoms with E-state index in [0.29, 0.717) is 3.63 Å². The molecular formula is C27H21Cl2NSZr. The molecule has 5 heteroatoms. The van der Waals surface area contributed by atoms with Gasteiger partial charge in [-0.1, -0.05) is 0 Å². The van der Waals surface area contributed by atoms with Crippen LogP contribution in [0.4, 0.5) is 17.1 Å². The summed E-state index contributed by atoms with van der Waals surface area (Å²) in [5, 5.41) is 0. The van der Waals surface area contributed by atoms with Gasteiger partial charge in [0.2, 0.25) is 0 Å². The number of benzene rings is 3. The van der Waals surface area contributed by atoms with Crippen LogP contribution in [0.5, 0.6) is 0 Å². The normalized spacial score (nSPS) is 17.2. The Hall–Kier alpha value is -1.51. The van der Waals surface area contributed by atoms with Gasteiger partial charge in [0.15, 0.2) is 0 Å². The predicted molar refractivity (Wildman–Crippen MR) is 123 cm³/mol. The monoisotopic (exact) mass is 551 g/mol. The summed E-state index contributed by atoms with van der Waals surface area (Å²) in [6.07, 6.45) is 10.6. The third kappa shape index (κ3) is 3.99. The summed E-state index contributed by atoms with van der Waals surface area (Å²) >= 11 is 1.20. The minimum absolute atomic E-state index is 0. The van der Waals surface area contributed by atoms with Crippen LogP contribution in [0.2, 0.25) is 0 Å². The van der Waals surface area contributed by atoms with Crippen LogP contribution in [0.15, 0.2) is 104 Å². The fourth-order valence-corrected chi connectivity index (χ4v) is 9.41. The zero-order valence-electron chi connectivity index (χ0n) is 17.6. The fourth-order valence-electron chi connectivity index (χ4n) is 4.63. The van der Waals surface area contributed by atoms with E-state index in [-0.39, 0.29) is 24.8 Å². The van der Waals surface area contributed by atoms with Crippen LogP contribution >= 0.6 is 11.8 Å². The number of allylic oxidation sites excluding steroid dienone is 5. The van der Waals surface area contributed by atoms with Gasteiger partial charge < -0.3 is 24.8 Å². The average Bonchev–Trinajstić information content (AvgIpc) is 3.40. The van der Waals surface area contributed by atoms with Gasteiger partial charge >= 0.3 is 195 Å². The maximum Gasteiger partial charge on any atom is -1.00 e. The zero-order valence-corrected chi connectivity index (χ0v) is 22.3. The first kappa shape index (κ1) is 23.6. The Kier molecular flexibility index (Phi) is 7.22. The van der Waals surface area contributed by atoms with Crippen molar-refractivity contribution in [1.82, 2.24) is 0 Å².